The van der Waals surface area contributed by atoms with E-state index in [-0.39, 0.29) is 5.91 Å². The van der Waals surface area contributed by atoms with Crippen LogP contribution in [0.2, 0.25) is 5.02 Å². The molecule has 174 valence electrons. The van der Waals surface area contributed by atoms with Gasteiger partial charge in [0, 0.05) is 47.7 Å². The van der Waals surface area contributed by atoms with Crippen LogP contribution in [0, 0.1) is 0 Å². The summed E-state index contributed by atoms with van der Waals surface area (Å²) in [7, 11) is 0. The summed E-state index contributed by atoms with van der Waals surface area (Å²) in [6, 6.07) is 13.2. The van der Waals surface area contributed by atoms with Crippen molar-refractivity contribution < 1.29 is 14.3 Å². The zero-order valence-electron chi connectivity index (χ0n) is 18.9. The second-order valence-corrected chi connectivity index (χ2v) is 9.11. The van der Waals surface area contributed by atoms with E-state index in [1.165, 1.54) is 0 Å². The fourth-order valence-corrected chi connectivity index (χ4v) is 4.77. The van der Waals surface area contributed by atoms with Gasteiger partial charge in [0.2, 0.25) is 0 Å². The summed E-state index contributed by atoms with van der Waals surface area (Å²) in [5.74, 6) is 1.31. The molecule has 0 spiro atoms. The van der Waals surface area contributed by atoms with E-state index in [2.05, 4.69) is 10.3 Å². The zero-order valence-corrected chi connectivity index (χ0v) is 20.5. The fourth-order valence-electron chi connectivity index (χ4n) is 3.80. The van der Waals surface area contributed by atoms with Crippen LogP contribution in [0.1, 0.15) is 29.2 Å². The van der Waals surface area contributed by atoms with Crippen molar-refractivity contribution in [2.75, 3.05) is 39.4 Å². The van der Waals surface area contributed by atoms with E-state index in [1.807, 2.05) is 55.1 Å². The molecule has 0 saturated carbocycles. The van der Waals surface area contributed by atoms with E-state index in [9.17, 15) is 4.79 Å². The Labute approximate surface area is 203 Å². The molecule has 1 saturated heterocycles. The molecule has 6 nitrogen and oxygen atoms in total. The Kier molecular flexibility index (Phi) is 7.85. The van der Waals surface area contributed by atoms with Gasteiger partial charge in [0.05, 0.1) is 25.5 Å². The number of hydrogen-bond donors (Lipinski definition) is 0. The van der Waals surface area contributed by atoms with Crippen LogP contribution in [0.15, 0.2) is 47.8 Å². The second-order valence-electron chi connectivity index (χ2n) is 7.73. The van der Waals surface area contributed by atoms with Crippen LogP contribution in [-0.4, -0.2) is 60.1 Å². The van der Waals surface area contributed by atoms with E-state index < -0.39 is 0 Å². The van der Waals surface area contributed by atoms with E-state index in [0.29, 0.717) is 43.4 Å². The Morgan fingerprint density at radius 2 is 1.70 bits per heavy atom. The number of benzene rings is 2. The van der Waals surface area contributed by atoms with E-state index in [1.54, 1.807) is 17.4 Å². The SMILES string of the molecule is CCOc1ccc(C(=O)N2CCN(Cc3nc(-c4ccc(Cl)cc4)cs3)CC2)cc1OCC. The predicted octanol–water partition coefficient (Wildman–Crippen LogP) is 5.22. The third kappa shape index (κ3) is 5.85. The average Bonchev–Trinajstić information content (AvgIpc) is 3.29. The normalized spacial score (nSPS) is 14.3. The lowest BCUT2D eigenvalue weighted by Gasteiger charge is -2.34. The lowest BCUT2D eigenvalue weighted by atomic mass is 10.1. The molecular formula is C25H28ClN3O3S. The fraction of sp³-hybridized carbons (Fsp3) is 0.360. The lowest BCUT2D eigenvalue weighted by Crippen LogP contribution is -2.48. The standard InChI is InChI=1S/C25H28ClN3O3S/c1-3-31-22-10-7-19(15-23(22)32-4-2)25(30)29-13-11-28(12-14-29)16-24-27-21(17-33-24)18-5-8-20(26)9-6-18/h5-10,15,17H,3-4,11-14,16H2,1-2H3. The third-order valence-corrected chi connectivity index (χ3v) is 6.59. The summed E-state index contributed by atoms with van der Waals surface area (Å²) in [6.07, 6.45) is 0. The molecule has 33 heavy (non-hydrogen) atoms. The van der Waals surface area contributed by atoms with Crippen LogP contribution in [0.4, 0.5) is 0 Å². The van der Waals surface area contributed by atoms with Crippen LogP contribution in [0.25, 0.3) is 11.3 Å². The summed E-state index contributed by atoms with van der Waals surface area (Å²) < 4.78 is 11.3. The minimum absolute atomic E-state index is 0.0259. The lowest BCUT2D eigenvalue weighted by molar-refractivity contribution is 0.0628. The van der Waals surface area contributed by atoms with Crippen LogP contribution in [0.5, 0.6) is 11.5 Å². The Morgan fingerprint density at radius 1 is 1.00 bits per heavy atom. The average molecular weight is 486 g/mol. The molecule has 8 heteroatoms. The summed E-state index contributed by atoms with van der Waals surface area (Å²) in [5, 5.41) is 3.88. The number of thiazole rings is 1. The van der Waals surface area contributed by atoms with Gasteiger partial charge in [-0.2, -0.15) is 0 Å². The highest BCUT2D eigenvalue weighted by atomic mass is 35.5. The van der Waals surface area contributed by atoms with Crippen molar-refractivity contribution in [3.63, 3.8) is 0 Å². The molecule has 0 atom stereocenters. The van der Waals surface area contributed by atoms with Crippen molar-refractivity contribution in [3.05, 3.63) is 63.4 Å². The van der Waals surface area contributed by atoms with Crippen molar-refractivity contribution in [1.82, 2.24) is 14.8 Å². The van der Waals surface area contributed by atoms with E-state index in [0.717, 1.165) is 40.9 Å². The molecule has 3 aromatic rings. The van der Waals surface area contributed by atoms with Gasteiger partial charge >= 0.3 is 0 Å². The first-order valence-corrected chi connectivity index (χ1v) is 12.4. The Balaban J connectivity index is 1.34. The molecule has 1 aliphatic rings. The quantitative estimate of drug-likeness (QED) is 0.438. The van der Waals surface area contributed by atoms with Crippen LogP contribution in [-0.2, 0) is 6.54 Å². The van der Waals surface area contributed by atoms with Gasteiger partial charge in [-0.25, -0.2) is 4.98 Å². The number of carbonyl (C=O) groups is 1. The maximum absolute atomic E-state index is 13.1. The summed E-state index contributed by atoms with van der Waals surface area (Å²) in [5.41, 5.74) is 2.67. The Morgan fingerprint density at radius 3 is 2.39 bits per heavy atom. The van der Waals surface area contributed by atoms with Gasteiger partial charge in [-0.05, 0) is 44.2 Å². The number of piperazine rings is 1. The van der Waals surface area contributed by atoms with Gasteiger partial charge in [0.1, 0.15) is 5.01 Å². The van der Waals surface area contributed by atoms with Gasteiger partial charge in [-0.15, -0.1) is 11.3 Å². The number of aromatic nitrogens is 1. The van der Waals surface area contributed by atoms with Gasteiger partial charge in [-0.1, -0.05) is 23.7 Å². The molecule has 1 aliphatic heterocycles. The first-order chi connectivity index (χ1) is 16.1. The van der Waals surface area contributed by atoms with Crippen molar-refractivity contribution in [3.8, 4) is 22.8 Å². The Bertz CT molecular complexity index is 1080. The summed E-state index contributed by atoms with van der Waals surface area (Å²) in [4.78, 5) is 22.1. The predicted molar refractivity (Wildman–Crippen MR) is 133 cm³/mol. The number of rotatable bonds is 8. The number of nitrogens with zero attached hydrogens (tertiary/aromatic N) is 3. The molecule has 2 heterocycles. The Hall–Kier alpha value is -2.61. The van der Waals surface area contributed by atoms with Crippen molar-refractivity contribution in [2.24, 2.45) is 0 Å². The zero-order chi connectivity index (χ0) is 23.2. The first kappa shape index (κ1) is 23.5. The van der Waals surface area contributed by atoms with Crippen LogP contribution < -0.4 is 9.47 Å². The third-order valence-electron chi connectivity index (χ3n) is 5.50. The number of halogens is 1. The molecule has 0 aliphatic carbocycles. The molecular weight excluding hydrogens is 458 g/mol. The molecule has 4 rings (SSSR count). The molecule has 1 amide bonds. The van der Waals surface area contributed by atoms with Gasteiger partial charge in [0.15, 0.2) is 11.5 Å². The van der Waals surface area contributed by atoms with Gasteiger partial charge < -0.3 is 14.4 Å². The van der Waals surface area contributed by atoms with Crippen LogP contribution in [0.3, 0.4) is 0 Å². The largest absolute Gasteiger partial charge is 0.490 e. The second kappa shape index (κ2) is 11.0. The van der Waals surface area contributed by atoms with Crippen molar-refractivity contribution >= 4 is 28.8 Å². The van der Waals surface area contributed by atoms with E-state index in [4.69, 9.17) is 26.1 Å². The maximum atomic E-state index is 13.1. The number of amides is 1. The summed E-state index contributed by atoms with van der Waals surface area (Å²) in [6.45, 7) is 8.72. The number of hydrogen-bond acceptors (Lipinski definition) is 6. The molecule has 0 bridgehead atoms. The van der Waals surface area contributed by atoms with Gasteiger partial charge in [0.25, 0.3) is 5.91 Å². The molecule has 0 N–H and O–H groups in total. The van der Waals surface area contributed by atoms with Crippen LogP contribution >= 0.6 is 22.9 Å². The molecule has 1 aromatic heterocycles. The highest BCUT2D eigenvalue weighted by Crippen LogP contribution is 2.29. The van der Waals surface area contributed by atoms with Crippen molar-refractivity contribution in [2.45, 2.75) is 20.4 Å². The topological polar surface area (TPSA) is 54.9 Å². The summed E-state index contributed by atoms with van der Waals surface area (Å²) >= 11 is 7.65. The monoisotopic (exact) mass is 485 g/mol. The minimum Gasteiger partial charge on any atom is -0.490 e. The molecule has 0 unspecified atom stereocenters. The minimum atomic E-state index is 0.0259. The molecule has 0 radical (unpaired) electrons. The number of ether oxygens (including phenoxy) is 2. The molecule has 1 fully saturated rings. The highest BCUT2D eigenvalue weighted by molar-refractivity contribution is 7.09. The van der Waals surface area contributed by atoms with Crippen molar-refractivity contribution in [1.29, 1.82) is 0 Å². The smallest absolute Gasteiger partial charge is 0.254 e. The first-order valence-electron chi connectivity index (χ1n) is 11.2. The number of carbonyl (C=O) groups excluding carboxylic acids is 1. The van der Waals surface area contributed by atoms with E-state index >= 15 is 0 Å². The maximum Gasteiger partial charge on any atom is 0.254 e. The highest BCUT2D eigenvalue weighted by Gasteiger charge is 2.24. The van der Waals surface area contributed by atoms with Gasteiger partial charge in [-0.3, -0.25) is 9.69 Å². The molecule has 2 aromatic carbocycles.